The molecule has 3 aliphatic rings. The first-order valence-electron chi connectivity index (χ1n) is 24.1. The summed E-state index contributed by atoms with van der Waals surface area (Å²) in [6.07, 6.45) is -4.50. The number of Topliss-reactive ketones (excluding diaryl/α,β-unsaturated/α-hetero) is 1. The molecule has 1 aromatic carbocycles. The molecule has 5 rings (SSSR count). The number of halogens is 1. The highest BCUT2D eigenvalue weighted by molar-refractivity contribution is 5.87. The number of benzene rings is 1. The zero-order valence-electron chi connectivity index (χ0n) is 42.0. The van der Waals surface area contributed by atoms with Crippen molar-refractivity contribution in [1.82, 2.24) is 24.8 Å². The standard InChI is InChI=1S/C49H80FN5O12/c1-14-39-49(10,61)42(57)32(6)54(12)26-28(2)24-47(8,60)44(30(4)40(31(5)45(59)66-39)38-25-48(9,62-13)43(58)33(7)65-38)67-46-41(56)37(22-29(3)64-46)53(11)19-18-35-27-55(52-51-35)20-21-63-36-17-15-16-34(50)23-36/h15-17,23,27-33,37-40,42-44,46,57-58,60-61H,14,18-22,24-26H2,1-13H3/t28-,29-,30+,31-,32-,33+,37+,38-,39-,40?,42-,43+,44-,46+,47-,48-,49-/m1/s1. The fraction of sp³-hybridized carbons (Fsp3) is 0.796. The van der Waals surface area contributed by atoms with Gasteiger partial charge < -0.3 is 53.7 Å². The van der Waals surface area contributed by atoms with Crippen molar-refractivity contribution in [3.8, 4) is 5.75 Å². The Morgan fingerprint density at radius 2 is 1.72 bits per heavy atom. The van der Waals surface area contributed by atoms with Crippen LogP contribution < -0.4 is 4.74 Å². The SMILES string of the molecule is CC[C@H]1OC(=O)[C@H](C)C([C@H]2C[C@@](C)(OC)[C@@H](O)[C@H](C)O2)[C@H](C)[C@@H](O[C@@H]2O[C@H](C)C[C@H](N(C)CCc3cn(CCOc4cccc(F)c4)nn3)C2=O)[C@](C)(O)C[C@@H](C)CN(C)[C@H](C)[C@@H](O)[C@]1(C)O. The summed E-state index contributed by atoms with van der Waals surface area (Å²) in [7, 11) is 5.21. The number of nitrogens with zero attached hydrogens (tertiary/aromatic N) is 5. The quantitative estimate of drug-likeness (QED) is 0.211. The van der Waals surface area contributed by atoms with Crippen LogP contribution in [0.2, 0.25) is 0 Å². The highest BCUT2D eigenvalue weighted by Gasteiger charge is 2.55. The molecule has 380 valence electrons. The number of carbonyl (C=O) groups excluding carboxylic acids is 2. The summed E-state index contributed by atoms with van der Waals surface area (Å²) in [5.74, 6) is -3.56. The molecule has 0 bridgehead atoms. The van der Waals surface area contributed by atoms with Crippen molar-refractivity contribution in [2.75, 3.05) is 40.9 Å². The smallest absolute Gasteiger partial charge is 0.309 e. The molecule has 17 atom stereocenters. The first kappa shape index (κ1) is 54.8. The average molecular weight is 950 g/mol. The van der Waals surface area contributed by atoms with Crippen LogP contribution in [-0.2, 0) is 46.2 Å². The lowest BCUT2D eigenvalue weighted by Crippen LogP contribution is -2.61. The largest absolute Gasteiger partial charge is 0.492 e. The zero-order valence-corrected chi connectivity index (χ0v) is 42.0. The number of aliphatic hydroxyl groups is 4. The molecule has 0 radical (unpaired) electrons. The third kappa shape index (κ3) is 13.0. The molecule has 0 aliphatic carbocycles. The summed E-state index contributed by atoms with van der Waals surface area (Å²) in [5.41, 5.74) is -3.82. The van der Waals surface area contributed by atoms with Gasteiger partial charge in [-0.1, -0.05) is 39.0 Å². The van der Waals surface area contributed by atoms with E-state index < -0.39 is 102 Å². The molecule has 3 aliphatic heterocycles. The lowest BCUT2D eigenvalue weighted by molar-refractivity contribution is -0.264. The van der Waals surface area contributed by atoms with Crippen LogP contribution in [0.1, 0.15) is 101 Å². The van der Waals surface area contributed by atoms with Gasteiger partial charge in [-0.25, -0.2) is 9.07 Å². The Labute approximate surface area is 396 Å². The Balaban J connectivity index is 1.44. The maximum absolute atomic E-state index is 14.6. The van der Waals surface area contributed by atoms with Gasteiger partial charge in [0.05, 0.1) is 59.8 Å². The fourth-order valence-corrected chi connectivity index (χ4v) is 10.9. The maximum Gasteiger partial charge on any atom is 0.309 e. The summed E-state index contributed by atoms with van der Waals surface area (Å²) in [6.45, 7) is 19.2. The van der Waals surface area contributed by atoms with Gasteiger partial charge in [-0.15, -0.1) is 5.10 Å². The Morgan fingerprint density at radius 3 is 2.37 bits per heavy atom. The number of aliphatic hydroxyl groups excluding tert-OH is 2. The van der Waals surface area contributed by atoms with Crippen molar-refractivity contribution in [3.63, 3.8) is 0 Å². The molecular formula is C49H80FN5O12. The molecule has 17 nitrogen and oxygen atoms in total. The molecule has 0 saturated carbocycles. The number of methoxy groups -OCH3 is 1. The average Bonchev–Trinajstić information content (AvgIpc) is 3.72. The van der Waals surface area contributed by atoms with Crippen molar-refractivity contribution < 1.29 is 62.8 Å². The molecule has 2 aromatic rings. The van der Waals surface area contributed by atoms with Crippen LogP contribution in [0.4, 0.5) is 4.39 Å². The van der Waals surface area contributed by atoms with Crippen LogP contribution in [0.15, 0.2) is 30.5 Å². The van der Waals surface area contributed by atoms with Gasteiger partial charge in [0.15, 0.2) is 0 Å². The second-order valence-electron chi connectivity index (χ2n) is 20.6. The number of rotatable bonds is 13. The number of ketones is 1. The minimum atomic E-state index is -1.83. The minimum absolute atomic E-state index is 0.169. The Hall–Kier alpha value is -3.17. The van der Waals surface area contributed by atoms with Crippen molar-refractivity contribution >= 4 is 11.8 Å². The fourth-order valence-electron chi connectivity index (χ4n) is 10.9. The molecule has 3 fully saturated rings. The number of hydrogen-bond acceptors (Lipinski definition) is 16. The normalized spacial score (nSPS) is 40.0. The number of cyclic esters (lactones) is 1. The number of aromatic nitrogens is 3. The van der Waals surface area contributed by atoms with E-state index in [0.717, 1.165) is 0 Å². The Bertz CT molecular complexity index is 1920. The monoisotopic (exact) mass is 950 g/mol. The molecule has 67 heavy (non-hydrogen) atoms. The highest BCUT2D eigenvalue weighted by atomic mass is 19.1. The topological polar surface area (TPSA) is 208 Å². The summed E-state index contributed by atoms with van der Waals surface area (Å²) in [5, 5.41) is 56.1. The number of ether oxygens (including phenoxy) is 6. The summed E-state index contributed by atoms with van der Waals surface area (Å²) in [6, 6.07) is 4.75. The van der Waals surface area contributed by atoms with Crippen LogP contribution in [0.3, 0.4) is 0 Å². The van der Waals surface area contributed by atoms with Crippen LogP contribution in [-0.4, -0.2) is 176 Å². The lowest BCUT2D eigenvalue weighted by atomic mass is 9.68. The van der Waals surface area contributed by atoms with Gasteiger partial charge in [0.2, 0.25) is 12.1 Å². The first-order valence-corrected chi connectivity index (χ1v) is 24.1. The van der Waals surface area contributed by atoms with E-state index in [0.29, 0.717) is 43.9 Å². The van der Waals surface area contributed by atoms with E-state index in [1.54, 1.807) is 58.4 Å². The van der Waals surface area contributed by atoms with Gasteiger partial charge in [-0.2, -0.15) is 0 Å². The molecule has 3 saturated heterocycles. The number of hydrogen-bond donors (Lipinski definition) is 4. The van der Waals surface area contributed by atoms with Crippen LogP contribution >= 0.6 is 0 Å². The molecule has 18 heteroatoms. The van der Waals surface area contributed by atoms with Crippen LogP contribution in [0.25, 0.3) is 0 Å². The van der Waals surface area contributed by atoms with Gasteiger partial charge in [-0.05, 0) is 98.9 Å². The Kier molecular flexibility index (Phi) is 18.6. The number of carbonyl (C=O) groups is 2. The molecule has 0 spiro atoms. The van der Waals surface area contributed by atoms with E-state index in [4.69, 9.17) is 28.4 Å². The number of esters is 1. The number of likely N-dealkylation sites (N-methyl/N-ethyl adjacent to an activating group) is 2. The van der Waals surface area contributed by atoms with Gasteiger partial charge in [0, 0.05) is 57.3 Å². The van der Waals surface area contributed by atoms with Gasteiger partial charge >= 0.3 is 5.97 Å². The molecular weight excluding hydrogens is 870 g/mol. The summed E-state index contributed by atoms with van der Waals surface area (Å²) in [4.78, 5) is 33.1. The second-order valence-corrected chi connectivity index (χ2v) is 20.6. The second kappa shape index (κ2) is 22.7. The maximum atomic E-state index is 14.6. The van der Waals surface area contributed by atoms with Gasteiger partial charge in [0.25, 0.3) is 0 Å². The van der Waals surface area contributed by atoms with Crippen molar-refractivity contribution in [2.45, 2.75) is 186 Å². The third-order valence-electron chi connectivity index (χ3n) is 15.0. The predicted octanol–water partition coefficient (Wildman–Crippen LogP) is 3.80. The van der Waals surface area contributed by atoms with Crippen LogP contribution in [0, 0.1) is 29.5 Å². The van der Waals surface area contributed by atoms with E-state index in [2.05, 4.69) is 10.3 Å². The van der Waals surface area contributed by atoms with E-state index in [1.165, 1.54) is 26.2 Å². The van der Waals surface area contributed by atoms with Crippen molar-refractivity contribution in [1.29, 1.82) is 0 Å². The molecule has 4 N–H and O–H groups in total. The molecule has 1 aromatic heterocycles. The molecule has 4 heterocycles. The lowest BCUT2D eigenvalue weighted by Gasteiger charge is -2.51. The van der Waals surface area contributed by atoms with Gasteiger partial charge in [0.1, 0.15) is 42.1 Å². The molecule has 1 unspecified atom stereocenters. The predicted molar refractivity (Wildman–Crippen MR) is 246 cm³/mol. The van der Waals surface area contributed by atoms with Crippen LogP contribution in [0.5, 0.6) is 5.75 Å². The summed E-state index contributed by atoms with van der Waals surface area (Å²) < 4.78 is 52.7. The van der Waals surface area contributed by atoms with Gasteiger partial charge in [-0.3, -0.25) is 14.5 Å². The highest BCUT2D eigenvalue weighted by Crippen LogP contribution is 2.44. The first-order chi connectivity index (χ1) is 31.3. The molecule has 0 amide bonds. The van der Waals surface area contributed by atoms with E-state index >= 15 is 0 Å². The Morgan fingerprint density at radius 1 is 1.01 bits per heavy atom. The van der Waals surface area contributed by atoms with E-state index in [9.17, 15) is 34.4 Å². The third-order valence-corrected chi connectivity index (χ3v) is 15.0. The summed E-state index contributed by atoms with van der Waals surface area (Å²) >= 11 is 0. The van der Waals surface area contributed by atoms with E-state index in [-0.39, 0.29) is 43.4 Å². The zero-order chi connectivity index (χ0) is 49.8. The van der Waals surface area contributed by atoms with Crippen molar-refractivity contribution in [2.24, 2.45) is 23.7 Å². The van der Waals surface area contributed by atoms with Crippen molar-refractivity contribution in [3.05, 3.63) is 42.0 Å². The minimum Gasteiger partial charge on any atom is -0.492 e. The van der Waals surface area contributed by atoms with E-state index in [1.807, 2.05) is 50.9 Å².